The lowest BCUT2D eigenvalue weighted by Crippen LogP contribution is -2.34. The van der Waals surface area contributed by atoms with E-state index in [1.807, 2.05) is 31.2 Å². The number of carbonyl (C=O) groups is 1. The molecule has 0 aliphatic rings. The van der Waals surface area contributed by atoms with Crippen LogP contribution in [0.15, 0.2) is 71.3 Å². The van der Waals surface area contributed by atoms with Crippen molar-refractivity contribution in [1.82, 2.24) is 0 Å². The summed E-state index contributed by atoms with van der Waals surface area (Å²) < 4.78 is 10.9. The Balaban J connectivity index is 1.72. The van der Waals surface area contributed by atoms with Gasteiger partial charge in [-0.2, -0.15) is 0 Å². The molecule has 0 atom stereocenters. The van der Waals surface area contributed by atoms with Gasteiger partial charge in [-0.25, -0.2) is 0 Å². The van der Waals surface area contributed by atoms with E-state index in [0.717, 1.165) is 11.3 Å². The molecule has 2 aromatic carbocycles. The maximum atomic E-state index is 12.8. The van der Waals surface area contributed by atoms with Crippen LogP contribution in [0, 0.1) is 17.0 Å². The number of hydrogen-bond donors (Lipinski definition) is 0. The maximum absolute atomic E-state index is 12.8. The average molecular weight is 366 g/mol. The summed E-state index contributed by atoms with van der Waals surface area (Å²) in [5.41, 5.74) is 1.79. The summed E-state index contributed by atoms with van der Waals surface area (Å²) in [5, 5.41) is 10.7. The molecule has 7 nitrogen and oxygen atoms in total. The van der Waals surface area contributed by atoms with Gasteiger partial charge < -0.3 is 14.1 Å². The van der Waals surface area contributed by atoms with Crippen molar-refractivity contribution in [2.75, 3.05) is 11.5 Å². The number of rotatable bonds is 7. The minimum absolute atomic E-state index is 0.0345. The van der Waals surface area contributed by atoms with E-state index in [1.54, 1.807) is 23.3 Å². The average Bonchev–Trinajstić information content (AvgIpc) is 3.18. The summed E-state index contributed by atoms with van der Waals surface area (Å²) in [5.74, 6) is 0.781. The molecule has 0 N–H and O–H groups in total. The third kappa shape index (κ3) is 4.72. The van der Waals surface area contributed by atoms with E-state index in [-0.39, 0.29) is 24.7 Å². The molecule has 1 amide bonds. The van der Waals surface area contributed by atoms with Crippen LogP contribution in [0.4, 0.5) is 11.4 Å². The summed E-state index contributed by atoms with van der Waals surface area (Å²) >= 11 is 0. The van der Waals surface area contributed by atoms with Crippen LogP contribution in [0.1, 0.15) is 11.3 Å². The van der Waals surface area contributed by atoms with Crippen LogP contribution in [0.3, 0.4) is 0 Å². The number of nitro benzene ring substituents is 1. The second kappa shape index (κ2) is 8.18. The van der Waals surface area contributed by atoms with Crippen molar-refractivity contribution in [2.45, 2.75) is 13.5 Å². The van der Waals surface area contributed by atoms with Gasteiger partial charge in [0.15, 0.2) is 6.61 Å². The number of nitro groups is 1. The fourth-order valence-corrected chi connectivity index (χ4v) is 2.49. The third-order valence-electron chi connectivity index (χ3n) is 3.95. The van der Waals surface area contributed by atoms with Crippen LogP contribution < -0.4 is 9.64 Å². The highest BCUT2D eigenvalue weighted by Crippen LogP contribution is 2.20. The lowest BCUT2D eigenvalue weighted by atomic mass is 10.2. The summed E-state index contributed by atoms with van der Waals surface area (Å²) in [6.07, 6.45) is 1.56. The summed E-state index contributed by atoms with van der Waals surface area (Å²) in [6, 6.07) is 16.7. The monoisotopic (exact) mass is 366 g/mol. The predicted molar refractivity (Wildman–Crippen MR) is 99.7 cm³/mol. The Morgan fingerprint density at radius 1 is 1.11 bits per heavy atom. The number of hydrogen-bond acceptors (Lipinski definition) is 5. The topological polar surface area (TPSA) is 85.8 Å². The smallest absolute Gasteiger partial charge is 0.269 e. The van der Waals surface area contributed by atoms with Crippen molar-refractivity contribution in [2.24, 2.45) is 0 Å². The molecule has 7 heteroatoms. The maximum Gasteiger partial charge on any atom is 0.269 e. The van der Waals surface area contributed by atoms with Gasteiger partial charge in [-0.3, -0.25) is 14.9 Å². The van der Waals surface area contributed by atoms with Crippen molar-refractivity contribution in [3.05, 3.63) is 88.4 Å². The third-order valence-corrected chi connectivity index (χ3v) is 3.95. The molecule has 0 saturated heterocycles. The van der Waals surface area contributed by atoms with Crippen LogP contribution in [-0.2, 0) is 11.3 Å². The van der Waals surface area contributed by atoms with Crippen LogP contribution in [-0.4, -0.2) is 17.4 Å². The molecule has 138 valence electrons. The zero-order valence-corrected chi connectivity index (χ0v) is 14.7. The summed E-state index contributed by atoms with van der Waals surface area (Å²) in [6.45, 7) is 2.05. The Kier molecular flexibility index (Phi) is 5.51. The van der Waals surface area contributed by atoms with Gasteiger partial charge in [0.2, 0.25) is 0 Å². The number of furan rings is 1. The first-order valence-electron chi connectivity index (χ1n) is 8.29. The molecule has 0 saturated carbocycles. The molecule has 0 fully saturated rings. The van der Waals surface area contributed by atoms with Crippen LogP contribution >= 0.6 is 0 Å². The molecule has 1 heterocycles. The number of ether oxygens (including phenoxy) is 1. The molecule has 27 heavy (non-hydrogen) atoms. The number of anilines is 1. The van der Waals surface area contributed by atoms with Crippen molar-refractivity contribution in [3.8, 4) is 5.75 Å². The molecule has 0 unspecified atom stereocenters. The van der Waals surface area contributed by atoms with Crippen LogP contribution in [0.25, 0.3) is 0 Å². The van der Waals surface area contributed by atoms with Crippen molar-refractivity contribution in [3.63, 3.8) is 0 Å². The van der Waals surface area contributed by atoms with E-state index in [4.69, 9.17) is 9.15 Å². The Hall–Kier alpha value is -3.61. The molecule has 0 aliphatic carbocycles. The SMILES string of the molecule is Cc1ccc(N(Cc2ccco2)C(=O)COc2ccc([N+](=O)[O-])cc2)cc1. The van der Waals surface area contributed by atoms with Gasteiger partial charge in [-0.05, 0) is 43.3 Å². The Labute approximate surface area is 155 Å². The van der Waals surface area contributed by atoms with Gasteiger partial charge >= 0.3 is 0 Å². The van der Waals surface area contributed by atoms with Crippen molar-refractivity contribution in [1.29, 1.82) is 0 Å². The highest BCUT2D eigenvalue weighted by Gasteiger charge is 2.18. The largest absolute Gasteiger partial charge is 0.484 e. The highest BCUT2D eigenvalue weighted by molar-refractivity contribution is 5.94. The molecule has 3 rings (SSSR count). The van der Waals surface area contributed by atoms with E-state index in [0.29, 0.717) is 11.5 Å². The number of carbonyl (C=O) groups excluding carboxylic acids is 1. The lowest BCUT2D eigenvalue weighted by molar-refractivity contribution is -0.384. The number of aryl methyl sites for hydroxylation is 1. The quantitative estimate of drug-likeness (QED) is 0.464. The van der Waals surface area contributed by atoms with E-state index in [9.17, 15) is 14.9 Å². The number of non-ortho nitro benzene ring substituents is 1. The number of benzene rings is 2. The fourth-order valence-electron chi connectivity index (χ4n) is 2.49. The van der Waals surface area contributed by atoms with E-state index < -0.39 is 4.92 Å². The van der Waals surface area contributed by atoms with Gasteiger partial charge in [0.25, 0.3) is 11.6 Å². The first-order valence-corrected chi connectivity index (χ1v) is 8.29. The van der Waals surface area contributed by atoms with Crippen LogP contribution in [0.5, 0.6) is 5.75 Å². The van der Waals surface area contributed by atoms with Crippen molar-refractivity contribution >= 4 is 17.3 Å². The second-order valence-corrected chi connectivity index (χ2v) is 5.93. The van der Waals surface area contributed by atoms with Crippen molar-refractivity contribution < 1.29 is 18.9 Å². The van der Waals surface area contributed by atoms with Gasteiger partial charge in [0.1, 0.15) is 11.5 Å². The molecule has 1 aromatic heterocycles. The predicted octanol–water partition coefficient (Wildman–Crippen LogP) is 4.11. The normalized spacial score (nSPS) is 10.4. The number of amides is 1. The summed E-state index contributed by atoms with van der Waals surface area (Å²) in [4.78, 5) is 24.5. The highest BCUT2D eigenvalue weighted by atomic mass is 16.6. The molecular formula is C20H18N2O5. The van der Waals surface area contributed by atoms with Gasteiger partial charge in [-0.1, -0.05) is 17.7 Å². The summed E-state index contributed by atoms with van der Waals surface area (Å²) in [7, 11) is 0. The zero-order valence-electron chi connectivity index (χ0n) is 14.7. The standard InChI is InChI=1S/C20H18N2O5/c1-15-4-6-16(7-5-15)21(13-19-3-2-12-26-19)20(23)14-27-18-10-8-17(9-11-18)22(24)25/h2-12H,13-14H2,1H3. The minimum Gasteiger partial charge on any atom is -0.484 e. The van der Waals surface area contributed by atoms with Crippen LogP contribution in [0.2, 0.25) is 0 Å². The Bertz CT molecular complexity index is 903. The molecule has 0 spiro atoms. The molecule has 0 bridgehead atoms. The molecule has 0 radical (unpaired) electrons. The molecule has 0 aliphatic heterocycles. The van der Waals surface area contributed by atoms with Gasteiger partial charge in [0, 0.05) is 17.8 Å². The molecule has 3 aromatic rings. The minimum atomic E-state index is -0.489. The first-order chi connectivity index (χ1) is 13.0. The van der Waals surface area contributed by atoms with Gasteiger partial charge in [-0.15, -0.1) is 0 Å². The van der Waals surface area contributed by atoms with E-state index >= 15 is 0 Å². The Morgan fingerprint density at radius 2 is 1.81 bits per heavy atom. The lowest BCUT2D eigenvalue weighted by Gasteiger charge is -2.22. The second-order valence-electron chi connectivity index (χ2n) is 5.93. The van der Waals surface area contributed by atoms with E-state index in [2.05, 4.69) is 0 Å². The fraction of sp³-hybridized carbons (Fsp3) is 0.150. The zero-order chi connectivity index (χ0) is 19.2. The number of nitrogens with zero attached hydrogens (tertiary/aromatic N) is 2. The first kappa shape index (κ1) is 18.2. The van der Waals surface area contributed by atoms with Gasteiger partial charge in [0.05, 0.1) is 17.7 Å². The van der Waals surface area contributed by atoms with E-state index in [1.165, 1.54) is 24.3 Å². The molecular weight excluding hydrogens is 348 g/mol. The Morgan fingerprint density at radius 3 is 2.41 bits per heavy atom.